The Hall–Kier alpha value is -0.910. The highest BCUT2D eigenvalue weighted by Crippen LogP contribution is 2.25. The standard InChI is InChI=1S/C18H23IN2/c1-18(2,3)15-8-6-14(7-9-15)17(21-20)12-13-4-10-16(19)11-5-13/h4-11,17,21H,12,20H2,1-3H3. The Morgan fingerprint density at radius 3 is 2.05 bits per heavy atom. The van der Waals surface area contributed by atoms with Crippen LogP contribution in [-0.4, -0.2) is 0 Å². The van der Waals surface area contributed by atoms with Gasteiger partial charge in [0.2, 0.25) is 0 Å². The Morgan fingerprint density at radius 1 is 1.00 bits per heavy atom. The fourth-order valence-corrected chi connectivity index (χ4v) is 2.70. The lowest BCUT2D eigenvalue weighted by molar-refractivity contribution is 0.549. The SMILES string of the molecule is CC(C)(C)c1ccc(C(Cc2ccc(I)cc2)NN)cc1. The van der Waals surface area contributed by atoms with Crippen molar-refractivity contribution in [3.05, 3.63) is 68.8 Å². The van der Waals surface area contributed by atoms with Gasteiger partial charge in [-0.3, -0.25) is 11.3 Å². The van der Waals surface area contributed by atoms with Crippen molar-refractivity contribution in [3.63, 3.8) is 0 Å². The largest absolute Gasteiger partial charge is 0.271 e. The molecule has 1 atom stereocenters. The molecule has 0 fully saturated rings. The third-order valence-corrected chi connectivity index (χ3v) is 4.45. The Morgan fingerprint density at radius 2 is 1.57 bits per heavy atom. The lowest BCUT2D eigenvalue weighted by Crippen LogP contribution is -2.29. The lowest BCUT2D eigenvalue weighted by atomic mass is 9.86. The van der Waals surface area contributed by atoms with Crippen molar-refractivity contribution in [2.24, 2.45) is 5.84 Å². The Balaban J connectivity index is 2.15. The van der Waals surface area contributed by atoms with Gasteiger partial charge < -0.3 is 0 Å². The van der Waals surface area contributed by atoms with E-state index in [2.05, 4.69) is 97.3 Å². The molecule has 0 saturated heterocycles. The minimum absolute atomic E-state index is 0.138. The van der Waals surface area contributed by atoms with Gasteiger partial charge in [-0.15, -0.1) is 0 Å². The number of halogens is 1. The maximum Gasteiger partial charge on any atom is 0.0500 e. The highest BCUT2D eigenvalue weighted by Gasteiger charge is 2.15. The monoisotopic (exact) mass is 394 g/mol. The van der Waals surface area contributed by atoms with Gasteiger partial charge in [-0.05, 0) is 63.2 Å². The Kier molecular flexibility index (Phi) is 5.41. The third kappa shape index (κ3) is 4.53. The van der Waals surface area contributed by atoms with E-state index in [1.807, 2.05) is 0 Å². The maximum atomic E-state index is 5.75. The van der Waals surface area contributed by atoms with E-state index in [1.54, 1.807) is 0 Å². The number of hydrogen-bond donors (Lipinski definition) is 2. The van der Waals surface area contributed by atoms with Crippen LogP contribution in [-0.2, 0) is 11.8 Å². The van der Waals surface area contributed by atoms with E-state index in [1.165, 1.54) is 20.3 Å². The Labute approximate surface area is 141 Å². The van der Waals surface area contributed by atoms with E-state index in [-0.39, 0.29) is 11.5 Å². The normalized spacial score (nSPS) is 13.2. The van der Waals surface area contributed by atoms with Gasteiger partial charge in [0, 0.05) is 9.61 Å². The zero-order valence-corrected chi connectivity index (χ0v) is 15.0. The van der Waals surface area contributed by atoms with E-state index in [4.69, 9.17) is 5.84 Å². The molecule has 21 heavy (non-hydrogen) atoms. The van der Waals surface area contributed by atoms with Crippen molar-refractivity contribution in [2.45, 2.75) is 38.6 Å². The summed E-state index contributed by atoms with van der Waals surface area (Å²) >= 11 is 2.32. The average Bonchev–Trinajstić information content (AvgIpc) is 2.46. The maximum absolute atomic E-state index is 5.75. The molecule has 0 aliphatic carbocycles. The summed E-state index contributed by atoms with van der Waals surface area (Å²) in [5, 5.41) is 0. The van der Waals surface area contributed by atoms with Crippen LogP contribution in [0.4, 0.5) is 0 Å². The molecule has 0 aliphatic heterocycles. The number of nitrogens with one attached hydrogen (secondary N) is 1. The molecule has 0 amide bonds. The van der Waals surface area contributed by atoms with E-state index >= 15 is 0 Å². The molecule has 112 valence electrons. The summed E-state index contributed by atoms with van der Waals surface area (Å²) < 4.78 is 1.25. The topological polar surface area (TPSA) is 38.0 Å². The average molecular weight is 394 g/mol. The zero-order chi connectivity index (χ0) is 15.5. The molecular weight excluding hydrogens is 371 g/mol. The molecule has 3 heteroatoms. The van der Waals surface area contributed by atoms with Crippen molar-refractivity contribution in [1.82, 2.24) is 5.43 Å². The predicted octanol–water partition coefficient (Wildman–Crippen LogP) is 4.34. The molecule has 0 aliphatic rings. The lowest BCUT2D eigenvalue weighted by Gasteiger charge is -2.21. The first-order valence-corrected chi connectivity index (χ1v) is 8.29. The van der Waals surface area contributed by atoms with Crippen LogP contribution in [0.15, 0.2) is 48.5 Å². The van der Waals surface area contributed by atoms with E-state index < -0.39 is 0 Å². The van der Waals surface area contributed by atoms with Crippen molar-refractivity contribution in [2.75, 3.05) is 0 Å². The second-order valence-corrected chi connectivity index (χ2v) is 7.67. The van der Waals surface area contributed by atoms with Gasteiger partial charge in [0.15, 0.2) is 0 Å². The van der Waals surface area contributed by atoms with Crippen LogP contribution < -0.4 is 11.3 Å². The molecule has 3 N–H and O–H groups in total. The molecule has 0 saturated carbocycles. The summed E-state index contributed by atoms with van der Waals surface area (Å²) in [7, 11) is 0. The summed E-state index contributed by atoms with van der Waals surface area (Å²) in [6.45, 7) is 6.69. The van der Waals surface area contributed by atoms with Crippen LogP contribution in [0.2, 0.25) is 0 Å². The van der Waals surface area contributed by atoms with Crippen LogP contribution >= 0.6 is 22.6 Å². The molecule has 0 radical (unpaired) electrons. The quantitative estimate of drug-likeness (QED) is 0.460. The molecule has 0 aromatic heterocycles. The summed E-state index contributed by atoms with van der Waals surface area (Å²) in [6.07, 6.45) is 0.891. The number of rotatable bonds is 4. The van der Waals surface area contributed by atoms with Gasteiger partial charge in [0.1, 0.15) is 0 Å². The molecule has 2 nitrogen and oxygen atoms in total. The zero-order valence-electron chi connectivity index (χ0n) is 12.9. The number of hydrogen-bond acceptors (Lipinski definition) is 2. The predicted molar refractivity (Wildman–Crippen MR) is 98.1 cm³/mol. The highest BCUT2D eigenvalue weighted by molar-refractivity contribution is 14.1. The minimum atomic E-state index is 0.138. The minimum Gasteiger partial charge on any atom is -0.271 e. The highest BCUT2D eigenvalue weighted by atomic mass is 127. The summed E-state index contributed by atoms with van der Waals surface area (Å²) in [4.78, 5) is 0. The fraction of sp³-hybridized carbons (Fsp3) is 0.333. The number of nitrogens with two attached hydrogens (primary N) is 1. The second-order valence-electron chi connectivity index (χ2n) is 6.42. The van der Waals surface area contributed by atoms with Gasteiger partial charge in [-0.25, -0.2) is 0 Å². The van der Waals surface area contributed by atoms with Crippen LogP contribution in [0.25, 0.3) is 0 Å². The van der Waals surface area contributed by atoms with Gasteiger partial charge >= 0.3 is 0 Å². The first-order chi connectivity index (χ1) is 9.90. The molecule has 0 bridgehead atoms. The fourth-order valence-electron chi connectivity index (χ4n) is 2.34. The molecule has 2 aromatic rings. The molecule has 0 heterocycles. The van der Waals surface area contributed by atoms with Crippen molar-refractivity contribution < 1.29 is 0 Å². The molecule has 1 unspecified atom stereocenters. The summed E-state index contributed by atoms with van der Waals surface area (Å²) in [6, 6.07) is 17.5. The van der Waals surface area contributed by atoms with Crippen LogP contribution in [0, 0.1) is 3.57 Å². The van der Waals surface area contributed by atoms with E-state index in [9.17, 15) is 0 Å². The molecule has 0 spiro atoms. The van der Waals surface area contributed by atoms with E-state index in [0.717, 1.165) is 6.42 Å². The van der Waals surface area contributed by atoms with Gasteiger partial charge in [0.05, 0.1) is 0 Å². The third-order valence-electron chi connectivity index (χ3n) is 3.73. The van der Waals surface area contributed by atoms with Crippen molar-refractivity contribution >= 4 is 22.6 Å². The van der Waals surface area contributed by atoms with Crippen LogP contribution in [0.3, 0.4) is 0 Å². The first kappa shape index (κ1) is 16.5. The molecule has 2 rings (SSSR count). The van der Waals surface area contributed by atoms with Gasteiger partial charge in [0.25, 0.3) is 0 Å². The summed E-state index contributed by atoms with van der Waals surface area (Å²) in [5.74, 6) is 5.75. The van der Waals surface area contributed by atoms with Gasteiger partial charge in [-0.2, -0.15) is 0 Å². The van der Waals surface area contributed by atoms with E-state index in [0.29, 0.717) is 0 Å². The smallest absolute Gasteiger partial charge is 0.0500 e. The molecular formula is C18H23IN2. The summed E-state index contributed by atoms with van der Waals surface area (Å²) in [5.41, 5.74) is 6.98. The number of benzene rings is 2. The van der Waals surface area contributed by atoms with Crippen molar-refractivity contribution in [1.29, 1.82) is 0 Å². The number of hydrazine groups is 1. The molecule has 2 aromatic carbocycles. The van der Waals surface area contributed by atoms with Crippen LogP contribution in [0.1, 0.15) is 43.5 Å². The van der Waals surface area contributed by atoms with Crippen LogP contribution in [0.5, 0.6) is 0 Å². The van der Waals surface area contributed by atoms with Gasteiger partial charge in [-0.1, -0.05) is 57.2 Å². The second kappa shape index (κ2) is 6.90. The first-order valence-electron chi connectivity index (χ1n) is 7.21. The Bertz CT molecular complexity index is 568. The van der Waals surface area contributed by atoms with Crippen molar-refractivity contribution in [3.8, 4) is 0 Å².